The van der Waals surface area contributed by atoms with Gasteiger partial charge in [0.1, 0.15) is 0 Å². The van der Waals surface area contributed by atoms with Crippen molar-refractivity contribution in [1.82, 2.24) is 0 Å². The first-order valence-corrected chi connectivity index (χ1v) is 5.01. The fourth-order valence-corrected chi connectivity index (χ4v) is 2.28. The number of hydrogen-bond donors (Lipinski definition) is 1. The molecule has 0 spiro atoms. The van der Waals surface area contributed by atoms with Gasteiger partial charge in [0, 0.05) is 20.8 Å². The van der Waals surface area contributed by atoms with E-state index < -0.39 is 0 Å². The normalized spacial score (nSPS) is 11.8. The maximum Gasteiger partial charge on any atom is 0.0424 e. The minimum absolute atomic E-state index is 0. The Labute approximate surface area is 91.2 Å². The Morgan fingerprint density at radius 1 is 1.75 bits per heavy atom. The third kappa shape index (κ3) is 3.27. The second-order valence-electron chi connectivity index (χ2n) is 2.30. The highest BCUT2D eigenvalue weighted by atomic mass is 79.9. The molecule has 0 aromatic carbocycles. The average molecular weight is 269 g/mol. The van der Waals surface area contributed by atoms with Gasteiger partial charge in [-0.25, -0.2) is 0 Å². The molecule has 1 aromatic heterocycles. The van der Waals surface area contributed by atoms with Crippen LogP contribution in [-0.2, 0) is 0 Å². The lowest BCUT2D eigenvalue weighted by Gasteiger charge is -2.03. The van der Waals surface area contributed by atoms with Gasteiger partial charge in [0.15, 0.2) is 0 Å². The molecular formula is C8H11BrClNS. The number of rotatable bonds is 3. The molecule has 1 atom stereocenters. The Bertz CT molecular complexity index is 249. The van der Waals surface area contributed by atoms with E-state index >= 15 is 0 Å². The molecule has 1 heterocycles. The van der Waals surface area contributed by atoms with Crippen LogP contribution in [0.1, 0.15) is 17.3 Å². The van der Waals surface area contributed by atoms with Gasteiger partial charge < -0.3 is 5.73 Å². The van der Waals surface area contributed by atoms with Crippen molar-refractivity contribution >= 4 is 39.7 Å². The highest BCUT2D eigenvalue weighted by Crippen LogP contribution is 2.25. The predicted octanol–water partition coefficient (Wildman–Crippen LogP) is 3.51. The van der Waals surface area contributed by atoms with Crippen molar-refractivity contribution in [3.63, 3.8) is 0 Å². The standard InChI is InChI=1S/C8H10BrNS.ClH/c1-2-3-7(10)8-4-6(9)5-11-8;/h2,4-5,7H,1,3,10H2;1H/t7-;/m1./s1. The van der Waals surface area contributed by atoms with Crippen LogP contribution in [0.15, 0.2) is 28.6 Å². The molecule has 0 unspecified atom stereocenters. The van der Waals surface area contributed by atoms with E-state index in [1.165, 1.54) is 4.88 Å². The van der Waals surface area contributed by atoms with Gasteiger partial charge in [-0.15, -0.1) is 30.3 Å². The monoisotopic (exact) mass is 267 g/mol. The molecule has 0 fully saturated rings. The van der Waals surface area contributed by atoms with Crippen LogP contribution in [0.4, 0.5) is 0 Å². The number of nitrogens with two attached hydrogens (primary N) is 1. The van der Waals surface area contributed by atoms with Crippen molar-refractivity contribution < 1.29 is 0 Å². The van der Waals surface area contributed by atoms with Crippen LogP contribution in [0.2, 0.25) is 0 Å². The quantitative estimate of drug-likeness (QED) is 0.834. The van der Waals surface area contributed by atoms with Crippen molar-refractivity contribution in [2.24, 2.45) is 5.73 Å². The molecular weight excluding hydrogens is 258 g/mol. The first-order valence-electron chi connectivity index (χ1n) is 3.34. The maximum absolute atomic E-state index is 5.84. The Morgan fingerprint density at radius 3 is 2.83 bits per heavy atom. The summed E-state index contributed by atoms with van der Waals surface area (Å²) in [4.78, 5) is 1.21. The molecule has 1 rings (SSSR count). The van der Waals surface area contributed by atoms with Gasteiger partial charge in [-0.2, -0.15) is 0 Å². The van der Waals surface area contributed by atoms with Crippen LogP contribution in [0.25, 0.3) is 0 Å². The average Bonchev–Trinajstić information content (AvgIpc) is 2.36. The largest absolute Gasteiger partial charge is 0.323 e. The van der Waals surface area contributed by atoms with Crippen LogP contribution in [-0.4, -0.2) is 0 Å². The summed E-state index contributed by atoms with van der Waals surface area (Å²) in [5.74, 6) is 0. The molecule has 0 aliphatic carbocycles. The second-order valence-corrected chi connectivity index (χ2v) is 4.16. The topological polar surface area (TPSA) is 26.0 Å². The molecule has 0 saturated carbocycles. The van der Waals surface area contributed by atoms with Gasteiger partial charge in [-0.3, -0.25) is 0 Å². The summed E-state index contributed by atoms with van der Waals surface area (Å²) in [6.45, 7) is 3.65. The molecule has 0 amide bonds. The molecule has 1 nitrogen and oxygen atoms in total. The first kappa shape index (κ1) is 12.2. The molecule has 0 bridgehead atoms. The minimum atomic E-state index is 0. The van der Waals surface area contributed by atoms with Crippen LogP contribution in [0.3, 0.4) is 0 Å². The van der Waals surface area contributed by atoms with E-state index in [-0.39, 0.29) is 18.4 Å². The van der Waals surface area contributed by atoms with E-state index in [1.807, 2.05) is 11.5 Å². The highest BCUT2D eigenvalue weighted by molar-refractivity contribution is 9.10. The van der Waals surface area contributed by atoms with Gasteiger partial charge in [-0.05, 0) is 28.4 Å². The summed E-state index contributed by atoms with van der Waals surface area (Å²) >= 11 is 5.06. The van der Waals surface area contributed by atoms with Gasteiger partial charge in [0.05, 0.1) is 0 Å². The van der Waals surface area contributed by atoms with Crippen molar-refractivity contribution in [3.8, 4) is 0 Å². The predicted molar refractivity (Wildman–Crippen MR) is 61.0 cm³/mol. The number of halogens is 2. The SMILES string of the molecule is C=CC[C@@H](N)c1cc(Br)cs1.Cl. The van der Waals surface area contributed by atoms with Crippen molar-refractivity contribution in [1.29, 1.82) is 0 Å². The Hall–Kier alpha value is 0.170. The van der Waals surface area contributed by atoms with Crippen LogP contribution >= 0.6 is 39.7 Å². The van der Waals surface area contributed by atoms with E-state index in [1.54, 1.807) is 11.3 Å². The molecule has 2 N–H and O–H groups in total. The summed E-state index contributed by atoms with van der Waals surface area (Å²) in [5.41, 5.74) is 5.84. The van der Waals surface area contributed by atoms with Crippen LogP contribution in [0.5, 0.6) is 0 Å². The van der Waals surface area contributed by atoms with Gasteiger partial charge >= 0.3 is 0 Å². The lowest BCUT2D eigenvalue weighted by molar-refractivity contribution is 0.757. The fourth-order valence-electron chi connectivity index (χ4n) is 0.818. The lowest BCUT2D eigenvalue weighted by atomic mass is 10.2. The summed E-state index contributed by atoms with van der Waals surface area (Å²) < 4.78 is 1.11. The molecule has 4 heteroatoms. The van der Waals surface area contributed by atoms with Gasteiger partial charge in [-0.1, -0.05) is 6.08 Å². The summed E-state index contributed by atoms with van der Waals surface area (Å²) in [7, 11) is 0. The number of thiophene rings is 1. The summed E-state index contributed by atoms with van der Waals surface area (Å²) in [5, 5.41) is 2.04. The van der Waals surface area contributed by atoms with Crippen LogP contribution < -0.4 is 5.73 Å². The van der Waals surface area contributed by atoms with E-state index in [2.05, 4.69) is 28.6 Å². The third-order valence-electron chi connectivity index (χ3n) is 1.37. The zero-order chi connectivity index (χ0) is 8.27. The van der Waals surface area contributed by atoms with Crippen molar-refractivity contribution in [2.75, 3.05) is 0 Å². The second kappa shape index (κ2) is 5.75. The Balaban J connectivity index is 0.00000121. The van der Waals surface area contributed by atoms with E-state index in [4.69, 9.17) is 5.73 Å². The zero-order valence-electron chi connectivity index (χ0n) is 6.50. The van der Waals surface area contributed by atoms with Crippen molar-refractivity contribution in [3.05, 3.63) is 33.5 Å². The zero-order valence-corrected chi connectivity index (χ0v) is 9.71. The fraction of sp³-hybridized carbons (Fsp3) is 0.250. The summed E-state index contributed by atoms with van der Waals surface area (Å²) in [6.07, 6.45) is 2.69. The smallest absolute Gasteiger partial charge is 0.0424 e. The molecule has 0 aliphatic heterocycles. The first-order chi connectivity index (χ1) is 5.24. The molecule has 0 aliphatic rings. The maximum atomic E-state index is 5.84. The Kier molecular flexibility index (Phi) is 5.84. The van der Waals surface area contributed by atoms with Gasteiger partial charge in [0.2, 0.25) is 0 Å². The molecule has 1 aromatic rings. The minimum Gasteiger partial charge on any atom is -0.323 e. The molecule has 68 valence electrons. The molecule has 12 heavy (non-hydrogen) atoms. The van der Waals surface area contributed by atoms with E-state index in [9.17, 15) is 0 Å². The third-order valence-corrected chi connectivity index (χ3v) is 3.20. The molecule has 0 saturated heterocycles. The van der Waals surface area contributed by atoms with E-state index in [0.717, 1.165) is 10.9 Å². The van der Waals surface area contributed by atoms with Crippen molar-refractivity contribution in [2.45, 2.75) is 12.5 Å². The molecule has 0 radical (unpaired) electrons. The lowest BCUT2D eigenvalue weighted by Crippen LogP contribution is -2.06. The van der Waals surface area contributed by atoms with Gasteiger partial charge in [0.25, 0.3) is 0 Å². The highest BCUT2D eigenvalue weighted by Gasteiger charge is 2.05. The van der Waals surface area contributed by atoms with Crippen LogP contribution in [0, 0.1) is 0 Å². The number of hydrogen-bond acceptors (Lipinski definition) is 2. The Morgan fingerprint density at radius 2 is 2.42 bits per heavy atom. The van der Waals surface area contributed by atoms with E-state index in [0.29, 0.717) is 0 Å². The summed E-state index contributed by atoms with van der Waals surface area (Å²) in [6, 6.07) is 2.17.